The maximum absolute atomic E-state index is 11.9. The highest BCUT2D eigenvalue weighted by Gasteiger charge is 2.05. The molecule has 0 aromatic heterocycles. The van der Waals surface area contributed by atoms with Crippen LogP contribution in [0.4, 0.5) is 14.5 Å². The van der Waals surface area contributed by atoms with Gasteiger partial charge in [0, 0.05) is 11.7 Å². The van der Waals surface area contributed by atoms with Gasteiger partial charge in [0.15, 0.2) is 5.11 Å². The summed E-state index contributed by atoms with van der Waals surface area (Å²) >= 11 is 5.11. The maximum Gasteiger partial charge on any atom is 0.387 e. The fraction of sp³-hybridized carbons (Fsp3) is 0.417. The Balaban J connectivity index is 2.50. The molecule has 3 nitrogen and oxygen atoms in total. The first-order valence-electron chi connectivity index (χ1n) is 5.63. The van der Waals surface area contributed by atoms with Crippen LogP contribution in [0.3, 0.4) is 0 Å². The molecule has 0 saturated carbocycles. The molecule has 0 bridgehead atoms. The van der Waals surface area contributed by atoms with Crippen molar-refractivity contribution in [1.82, 2.24) is 5.32 Å². The van der Waals surface area contributed by atoms with Crippen molar-refractivity contribution in [3.05, 3.63) is 24.3 Å². The number of halogens is 2. The van der Waals surface area contributed by atoms with Crippen LogP contribution in [0, 0.1) is 0 Å². The molecule has 6 heteroatoms. The fourth-order valence-electron chi connectivity index (χ4n) is 1.21. The van der Waals surface area contributed by atoms with Crippen LogP contribution in [-0.4, -0.2) is 17.8 Å². The predicted molar refractivity (Wildman–Crippen MR) is 72.2 cm³/mol. The van der Waals surface area contributed by atoms with Crippen molar-refractivity contribution in [3.63, 3.8) is 0 Å². The summed E-state index contributed by atoms with van der Waals surface area (Å²) in [4.78, 5) is 0. The smallest absolute Gasteiger partial charge is 0.387 e. The van der Waals surface area contributed by atoms with Crippen molar-refractivity contribution in [3.8, 4) is 5.75 Å². The Bertz CT molecular complexity index is 384. The summed E-state index contributed by atoms with van der Waals surface area (Å²) < 4.78 is 28.1. The van der Waals surface area contributed by atoms with Crippen LogP contribution in [0.2, 0.25) is 0 Å². The molecule has 1 atom stereocenters. The number of nitrogens with one attached hydrogen (secondary N) is 2. The summed E-state index contributed by atoms with van der Waals surface area (Å²) in [6, 6.07) is 6.46. The van der Waals surface area contributed by atoms with E-state index < -0.39 is 6.61 Å². The first-order valence-corrected chi connectivity index (χ1v) is 6.04. The zero-order valence-corrected chi connectivity index (χ0v) is 11.1. The summed E-state index contributed by atoms with van der Waals surface area (Å²) in [5.74, 6) is 0.122. The Hall–Kier alpha value is -1.43. The van der Waals surface area contributed by atoms with Gasteiger partial charge in [-0.3, -0.25) is 0 Å². The van der Waals surface area contributed by atoms with Crippen molar-refractivity contribution in [2.75, 3.05) is 5.32 Å². The molecule has 0 spiro atoms. The zero-order chi connectivity index (χ0) is 13.5. The molecule has 0 heterocycles. The average Bonchev–Trinajstić information content (AvgIpc) is 2.30. The molecule has 1 aromatic rings. The number of benzene rings is 1. The molecule has 0 aliphatic rings. The molecular formula is C12H16F2N2OS. The van der Waals surface area contributed by atoms with Gasteiger partial charge < -0.3 is 15.4 Å². The third kappa shape index (κ3) is 5.27. The Kier molecular flexibility index (Phi) is 5.77. The largest absolute Gasteiger partial charge is 0.435 e. The maximum atomic E-state index is 11.9. The van der Waals surface area contributed by atoms with Gasteiger partial charge >= 0.3 is 6.61 Å². The highest BCUT2D eigenvalue weighted by Crippen LogP contribution is 2.17. The van der Waals surface area contributed by atoms with E-state index in [4.69, 9.17) is 12.2 Å². The van der Waals surface area contributed by atoms with E-state index in [0.717, 1.165) is 12.1 Å². The van der Waals surface area contributed by atoms with Gasteiger partial charge in [-0.05, 0) is 49.8 Å². The van der Waals surface area contributed by atoms with E-state index in [2.05, 4.69) is 22.3 Å². The monoisotopic (exact) mass is 274 g/mol. The van der Waals surface area contributed by atoms with Gasteiger partial charge in [0.2, 0.25) is 0 Å². The summed E-state index contributed by atoms with van der Waals surface area (Å²) in [6.45, 7) is 1.27. The summed E-state index contributed by atoms with van der Waals surface area (Å²) in [6.07, 6.45) is 0.961. The molecule has 0 fully saturated rings. The van der Waals surface area contributed by atoms with Gasteiger partial charge in [-0.2, -0.15) is 8.78 Å². The molecule has 0 amide bonds. The minimum Gasteiger partial charge on any atom is -0.435 e. The van der Waals surface area contributed by atoms with Crippen LogP contribution in [0.5, 0.6) is 5.75 Å². The molecule has 2 N–H and O–H groups in total. The lowest BCUT2D eigenvalue weighted by Crippen LogP contribution is -2.35. The van der Waals surface area contributed by atoms with Crippen LogP contribution in [0.25, 0.3) is 0 Å². The molecule has 0 unspecified atom stereocenters. The van der Waals surface area contributed by atoms with E-state index in [0.29, 0.717) is 5.11 Å². The normalized spacial score (nSPS) is 12.1. The second-order valence-corrected chi connectivity index (χ2v) is 4.22. The minimum absolute atomic E-state index is 0.122. The Morgan fingerprint density at radius 3 is 2.44 bits per heavy atom. The average molecular weight is 274 g/mol. The number of hydrogen-bond acceptors (Lipinski definition) is 2. The molecule has 1 rings (SSSR count). The zero-order valence-electron chi connectivity index (χ0n) is 10.2. The number of hydrogen-bond donors (Lipinski definition) is 2. The molecular weight excluding hydrogens is 258 g/mol. The van der Waals surface area contributed by atoms with Crippen molar-refractivity contribution in [2.24, 2.45) is 0 Å². The van der Waals surface area contributed by atoms with Gasteiger partial charge in [-0.15, -0.1) is 0 Å². The minimum atomic E-state index is -2.81. The second-order valence-electron chi connectivity index (χ2n) is 3.81. The van der Waals surface area contributed by atoms with Crippen LogP contribution in [0.15, 0.2) is 24.3 Å². The number of ether oxygens (including phenoxy) is 1. The quantitative estimate of drug-likeness (QED) is 0.807. The standard InChI is InChI=1S/C12H16F2N2OS/c1-3-8(2)15-12(18)16-9-4-6-10(7-5-9)17-11(13)14/h4-8,11H,3H2,1-2H3,(H2,15,16,18)/t8-/m1/s1. The van der Waals surface area contributed by atoms with Crippen molar-refractivity contribution < 1.29 is 13.5 Å². The SMILES string of the molecule is CC[C@@H](C)NC(=S)Nc1ccc(OC(F)F)cc1. The highest BCUT2D eigenvalue weighted by atomic mass is 32.1. The number of anilines is 1. The Morgan fingerprint density at radius 2 is 1.94 bits per heavy atom. The van der Waals surface area contributed by atoms with Gasteiger partial charge in [0.1, 0.15) is 5.75 Å². The van der Waals surface area contributed by atoms with Gasteiger partial charge in [0.05, 0.1) is 0 Å². The predicted octanol–water partition coefficient (Wildman–Crippen LogP) is 3.37. The summed E-state index contributed by atoms with van der Waals surface area (Å²) in [5.41, 5.74) is 0.720. The van der Waals surface area contributed by atoms with Crippen LogP contribution in [-0.2, 0) is 0 Å². The van der Waals surface area contributed by atoms with E-state index in [-0.39, 0.29) is 11.8 Å². The molecule has 0 aliphatic carbocycles. The van der Waals surface area contributed by atoms with E-state index in [1.807, 2.05) is 6.92 Å². The van der Waals surface area contributed by atoms with Crippen molar-refractivity contribution >= 4 is 23.0 Å². The lowest BCUT2D eigenvalue weighted by molar-refractivity contribution is -0.0498. The molecule has 18 heavy (non-hydrogen) atoms. The summed E-state index contributed by atoms with van der Waals surface area (Å²) in [5, 5.41) is 6.57. The van der Waals surface area contributed by atoms with E-state index >= 15 is 0 Å². The first kappa shape index (κ1) is 14.6. The summed E-state index contributed by atoms with van der Waals surface area (Å²) in [7, 11) is 0. The van der Waals surface area contributed by atoms with Gasteiger partial charge in [0.25, 0.3) is 0 Å². The van der Waals surface area contributed by atoms with Gasteiger partial charge in [-0.25, -0.2) is 0 Å². The molecule has 0 aliphatic heterocycles. The Morgan fingerprint density at radius 1 is 1.33 bits per heavy atom. The third-order valence-electron chi connectivity index (χ3n) is 2.33. The first-order chi connectivity index (χ1) is 8.51. The lowest BCUT2D eigenvalue weighted by Gasteiger charge is -2.15. The number of rotatable bonds is 5. The Labute approximate surface area is 111 Å². The van der Waals surface area contributed by atoms with Crippen LogP contribution < -0.4 is 15.4 Å². The second kappa shape index (κ2) is 7.10. The van der Waals surface area contributed by atoms with Crippen molar-refractivity contribution in [1.29, 1.82) is 0 Å². The van der Waals surface area contributed by atoms with E-state index in [1.54, 1.807) is 12.1 Å². The molecule has 100 valence electrons. The molecule has 0 saturated heterocycles. The highest BCUT2D eigenvalue weighted by molar-refractivity contribution is 7.80. The number of thiocarbonyl (C=S) groups is 1. The van der Waals surface area contributed by atoms with Gasteiger partial charge in [-0.1, -0.05) is 6.92 Å². The lowest BCUT2D eigenvalue weighted by atomic mass is 10.3. The van der Waals surface area contributed by atoms with Crippen LogP contribution in [0.1, 0.15) is 20.3 Å². The number of alkyl halides is 2. The fourth-order valence-corrected chi connectivity index (χ4v) is 1.53. The van der Waals surface area contributed by atoms with Crippen molar-refractivity contribution in [2.45, 2.75) is 32.9 Å². The molecule has 0 radical (unpaired) electrons. The van der Waals surface area contributed by atoms with E-state index in [9.17, 15) is 8.78 Å². The third-order valence-corrected chi connectivity index (χ3v) is 2.55. The molecule has 1 aromatic carbocycles. The van der Waals surface area contributed by atoms with E-state index in [1.165, 1.54) is 12.1 Å². The van der Waals surface area contributed by atoms with Crippen LogP contribution >= 0.6 is 12.2 Å². The topological polar surface area (TPSA) is 33.3 Å².